The van der Waals surface area contributed by atoms with Gasteiger partial charge in [0.1, 0.15) is 11.5 Å². The molecule has 3 aliphatic carbocycles. The van der Waals surface area contributed by atoms with Crippen LogP contribution in [0.5, 0.6) is 11.5 Å². The molecule has 2 N–H and O–H groups in total. The predicted molar refractivity (Wildman–Crippen MR) is 104 cm³/mol. The summed E-state index contributed by atoms with van der Waals surface area (Å²) in [5.74, 6) is 1.47. The van der Waals surface area contributed by atoms with E-state index in [9.17, 15) is 10.2 Å². The van der Waals surface area contributed by atoms with Gasteiger partial charge >= 0.3 is 0 Å². The summed E-state index contributed by atoms with van der Waals surface area (Å²) in [6.07, 6.45) is 5.41. The summed E-state index contributed by atoms with van der Waals surface area (Å²) in [6, 6.07) is 11.8. The van der Waals surface area contributed by atoms with Crippen LogP contribution < -0.4 is 0 Å². The summed E-state index contributed by atoms with van der Waals surface area (Å²) in [4.78, 5) is 0. The van der Waals surface area contributed by atoms with E-state index in [0.717, 1.165) is 30.4 Å². The molecule has 3 atom stereocenters. The molecule has 2 aromatic rings. The fourth-order valence-corrected chi connectivity index (χ4v) is 6.06. The van der Waals surface area contributed by atoms with Gasteiger partial charge in [-0.25, -0.2) is 0 Å². The first-order valence-corrected chi connectivity index (χ1v) is 9.67. The Morgan fingerprint density at radius 3 is 2.00 bits per heavy atom. The molecule has 2 aromatic carbocycles. The first-order chi connectivity index (χ1) is 12.3. The van der Waals surface area contributed by atoms with Gasteiger partial charge in [-0.2, -0.15) is 0 Å². The van der Waals surface area contributed by atoms with Crippen molar-refractivity contribution in [1.82, 2.24) is 0 Å². The minimum Gasteiger partial charge on any atom is -0.508 e. The fraction of sp³-hybridized carbons (Fsp3) is 0.417. The summed E-state index contributed by atoms with van der Waals surface area (Å²) in [6.45, 7) is 6.89. The maximum Gasteiger partial charge on any atom is 0.119 e. The first-order valence-electron chi connectivity index (χ1n) is 9.67. The van der Waals surface area contributed by atoms with Crippen molar-refractivity contribution in [3.63, 3.8) is 0 Å². The Morgan fingerprint density at radius 1 is 0.846 bits per heavy atom. The quantitative estimate of drug-likeness (QED) is 0.651. The molecule has 1 spiro atoms. The molecule has 0 radical (unpaired) electrons. The Bertz CT molecular complexity index is 928. The molecular formula is C24H26O2. The molecule has 0 unspecified atom stereocenters. The number of fused-ring (bicyclic) bond motifs is 2. The monoisotopic (exact) mass is 346 g/mol. The van der Waals surface area contributed by atoms with E-state index in [-0.39, 0.29) is 10.8 Å². The Morgan fingerprint density at radius 2 is 1.42 bits per heavy atom. The van der Waals surface area contributed by atoms with Gasteiger partial charge < -0.3 is 10.2 Å². The SMILES string of the molecule is CC(C)(C)C1=C[C@@H]2Cc3cccc(O)c3[C@@]23c2c(O)cccc2C[C@H]3C1. The molecule has 3 aliphatic rings. The van der Waals surface area contributed by atoms with Crippen LogP contribution in [-0.2, 0) is 18.3 Å². The third kappa shape index (κ3) is 1.83. The molecule has 0 bridgehead atoms. The van der Waals surface area contributed by atoms with Crippen LogP contribution >= 0.6 is 0 Å². The number of hydrogen-bond acceptors (Lipinski definition) is 2. The summed E-state index contributed by atoms with van der Waals surface area (Å²) in [7, 11) is 0. The van der Waals surface area contributed by atoms with Gasteiger partial charge in [-0.3, -0.25) is 0 Å². The van der Waals surface area contributed by atoms with Crippen LogP contribution in [0.2, 0.25) is 0 Å². The summed E-state index contributed by atoms with van der Waals surface area (Å²) in [5, 5.41) is 21.7. The average molecular weight is 346 g/mol. The van der Waals surface area contributed by atoms with Gasteiger partial charge in [-0.1, -0.05) is 56.7 Å². The molecule has 2 heteroatoms. The van der Waals surface area contributed by atoms with Gasteiger partial charge in [0.05, 0.1) is 0 Å². The van der Waals surface area contributed by atoms with Crippen LogP contribution in [0, 0.1) is 17.3 Å². The van der Waals surface area contributed by atoms with Gasteiger partial charge in [0, 0.05) is 16.5 Å². The molecule has 26 heavy (non-hydrogen) atoms. The van der Waals surface area contributed by atoms with Crippen LogP contribution in [0.1, 0.15) is 49.4 Å². The van der Waals surface area contributed by atoms with Crippen LogP contribution in [0.4, 0.5) is 0 Å². The van der Waals surface area contributed by atoms with Crippen molar-refractivity contribution >= 4 is 0 Å². The molecule has 5 rings (SSSR count). The predicted octanol–water partition coefficient (Wildman–Crippen LogP) is 5.10. The number of allylic oxidation sites excluding steroid dienone is 2. The van der Waals surface area contributed by atoms with Gasteiger partial charge in [-0.15, -0.1) is 0 Å². The van der Waals surface area contributed by atoms with Crippen molar-refractivity contribution in [3.8, 4) is 11.5 Å². The van der Waals surface area contributed by atoms with E-state index in [0.29, 0.717) is 23.3 Å². The summed E-state index contributed by atoms with van der Waals surface area (Å²) in [5.41, 5.74) is 6.01. The molecule has 0 heterocycles. The molecule has 2 nitrogen and oxygen atoms in total. The molecule has 0 amide bonds. The van der Waals surface area contributed by atoms with Gasteiger partial charge in [-0.05, 0) is 59.8 Å². The van der Waals surface area contributed by atoms with E-state index in [1.54, 1.807) is 0 Å². The fourth-order valence-electron chi connectivity index (χ4n) is 6.06. The Balaban J connectivity index is 1.84. The van der Waals surface area contributed by atoms with E-state index in [4.69, 9.17) is 0 Å². The second-order valence-corrected chi connectivity index (χ2v) is 9.35. The van der Waals surface area contributed by atoms with Gasteiger partial charge in [0.25, 0.3) is 0 Å². The third-order valence-electron chi connectivity index (χ3n) is 7.05. The van der Waals surface area contributed by atoms with Crippen LogP contribution in [0.25, 0.3) is 0 Å². The summed E-state index contributed by atoms with van der Waals surface area (Å²) >= 11 is 0. The first kappa shape index (κ1) is 16.0. The van der Waals surface area contributed by atoms with E-state index in [1.165, 1.54) is 16.7 Å². The van der Waals surface area contributed by atoms with Crippen molar-refractivity contribution in [1.29, 1.82) is 0 Å². The van der Waals surface area contributed by atoms with Crippen molar-refractivity contribution in [3.05, 3.63) is 70.3 Å². The standard InChI is InChI=1S/C24H26O2/c1-23(2,3)16-12-17-10-14-6-4-8-19(25)21(14)24(17)18(13-16)11-15-7-5-9-20(26)22(15)24/h4-9,12,17-18,25-26H,10-11,13H2,1-3H3/t17-,18-,24+/m0/s1. The highest BCUT2D eigenvalue weighted by Crippen LogP contribution is 2.66. The lowest BCUT2D eigenvalue weighted by atomic mass is 9.58. The number of phenolic OH excluding ortho intramolecular Hbond substituents is 2. The Hall–Kier alpha value is -2.22. The van der Waals surface area contributed by atoms with Crippen LogP contribution in [-0.4, -0.2) is 10.2 Å². The van der Waals surface area contributed by atoms with E-state index < -0.39 is 0 Å². The second kappa shape index (κ2) is 4.94. The van der Waals surface area contributed by atoms with Crippen LogP contribution in [0.15, 0.2) is 48.0 Å². The lowest BCUT2D eigenvalue weighted by Crippen LogP contribution is -2.41. The van der Waals surface area contributed by atoms with Crippen LogP contribution in [0.3, 0.4) is 0 Å². The Kier molecular flexibility index (Phi) is 3.04. The van der Waals surface area contributed by atoms with Crippen molar-refractivity contribution in [2.45, 2.75) is 45.4 Å². The molecule has 0 saturated heterocycles. The zero-order valence-electron chi connectivity index (χ0n) is 15.7. The molecule has 134 valence electrons. The molecule has 0 fully saturated rings. The third-order valence-corrected chi connectivity index (χ3v) is 7.05. The molecule has 0 aromatic heterocycles. The maximum absolute atomic E-state index is 10.9. The average Bonchev–Trinajstić information content (AvgIpc) is 3.07. The zero-order chi connectivity index (χ0) is 18.3. The lowest BCUT2D eigenvalue weighted by molar-refractivity contribution is 0.241. The topological polar surface area (TPSA) is 40.5 Å². The number of phenols is 2. The van der Waals surface area contributed by atoms with Crippen molar-refractivity contribution in [2.24, 2.45) is 17.3 Å². The molecule has 0 saturated carbocycles. The second-order valence-electron chi connectivity index (χ2n) is 9.35. The van der Waals surface area contributed by atoms with Crippen molar-refractivity contribution < 1.29 is 10.2 Å². The maximum atomic E-state index is 10.9. The van der Waals surface area contributed by atoms with E-state index in [1.807, 2.05) is 24.3 Å². The highest BCUT2D eigenvalue weighted by molar-refractivity contribution is 5.65. The van der Waals surface area contributed by atoms with Gasteiger partial charge in [0.15, 0.2) is 0 Å². The van der Waals surface area contributed by atoms with E-state index >= 15 is 0 Å². The number of aromatic hydroxyl groups is 2. The minimum absolute atomic E-state index is 0.153. The normalized spacial score (nSPS) is 28.8. The highest BCUT2D eigenvalue weighted by atomic mass is 16.3. The van der Waals surface area contributed by atoms with Crippen molar-refractivity contribution in [2.75, 3.05) is 0 Å². The molecule has 0 aliphatic heterocycles. The Labute approximate surface area is 155 Å². The largest absolute Gasteiger partial charge is 0.508 e. The highest BCUT2D eigenvalue weighted by Gasteiger charge is 2.60. The summed E-state index contributed by atoms with van der Waals surface area (Å²) < 4.78 is 0. The van der Waals surface area contributed by atoms with Gasteiger partial charge in [0.2, 0.25) is 0 Å². The number of benzene rings is 2. The van der Waals surface area contributed by atoms with E-state index in [2.05, 4.69) is 39.0 Å². The number of hydrogen-bond donors (Lipinski definition) is 2. The zero-order valence-corrected chi connectivity index (χ0v) is 15.7. The minimum atomic E-state index is -0.282. The lowest BCUT2D eigenvalue weighted by Gasteiger charge is -2.45. The molecular weight excluding hydrogens is 320 g/mol. The smallest absolute Gasteiger partial charge is 0.119 e. The number of rotatable bonds is 0.